The van der Waals surface area contributed by atoms with Crippen molar-refractivity contribution in [2.24, 2.45) is 0 Å². The molecule has 0 unspecified atom stereocenters. The minimum absolute atomic E-state index is 0.0359. The van der Waals surface area contributed by atoms with Gasteiger partial charge in [0, 0.05) is 0 Å². The Bertz CT molecular complexity index is 1290. The van der Waals surface area contributed by atoms with E-state index >= 15 is 0 Å². The van der Waals surface area contributed by atoms with Crippen LogP contribution in [0.25, 0.3) is 33.0 Å². The van der Waals surface area contributed by atoms with Crippen LogP contribution in [0.2, 0.25) is 0 Å². The zero-order valence-electron chi connectivity index (χ0n) is 21.6. The van der Waals surface area contributed by atoms with E-state index in [1.54, 1.807) is 0 Å². The number of unbranched alkanes of at least 4 members (excludes halogenated alkanes) is 2. The highest BCUT2D eigenvalue weighted by atomic mass is 16.5. The van der Waals surface area contributed by atoms with Gasteiger partial charge in [0.25, 0.3) is 6.47 Å². The number of rotatable bonds is 14. The van der Waals surface area contributed by atoms with Gasteiger partial charge in [-0.2, -0.15) is 0 Å². The largest absolute Gasteiger partial charge is 0.491 e. The molecular formula is C33H36O4. The lowest BCUT2D eigenvalue weighted by molar-refractivity contribution is -0.128. The molecule has 4 aromatic rings. The van der Waals surface area contributed by atoms with E-state index < -0.39 is 0 Å². The van der Waals surface area contributed by atoms with Crippen molar-refractivity contribution in [1.29, 1.82) is 0 Å². The Morgan fingerprint density at radius 3 is 2.11 bits per heavy atom. The Morgan fingerprint density at radius 1 is 0.703 bits per heavy atom. The molecule has 4 aromatic carbocycles. The summed E-state index contributed by atoms with van der Waals surface area (Å²) in [4.78, 5) is 10.4. The minimum atomic E-state index is -0.0359. The standard InChI is InChI=1S/C33H36O4/c1-2-3-4-6-25-8-9-31-22-29(15-14-28(31)21-25)26-10-12-27(13-11-26)30-16-17-33(37-20-18-34)32(23-30)7-5-19-36-24-35/h8-17,21-24,34H,2-7,18-20H2,1H3. The Kier molecular flexibility index (Phi) is 9.73. The molecule has 37 heavy (non-hydrogen) atoms. The highest BCUT2D eigenvalue weighted by molar-refractivity contribution is 5.88. The fourth-order valence-corrected chi connectivity index (χ4v) is 4.71. The van der Waals surface area contributed by atoms with Gasteiger partial charge in [0.15, 0.2) is 0 Å². The molecule has 1 N–H and O–H groups in total. The zero-order valence-corrected chi connectivity index (χ0v) is 21.6. The molecule has 0 aliphatic carbocycles. The molecule has 0 aliphatic heterocycles. The zero-order chi connectivity index (χ0) is 25.9. The van der Waals surface area contributed by atoms with Gasteiger partial charge in [0.1, 0.15) is 12.4 Å². The fraction of sp³-hybridized carbons (Fsp3) is 0.303. The summed E-state index contributed by atoms with van der Waals surface area (Å²) in [5, 5.41) is 11.7. The van der Waals surface area contributed by atoms with Crippen LogP contribution in [-0.2, 0) is 22.4 Å². The van der Waals surface area contributed by atoms with Crippen LogP contribution < -0.4 is 4.74 Å². The second-order valence-electron chi connectivity index (χ2n) is 9.40. The highest BCUT2D eigenvalue weighted by Crippen LogP contribution is 2.31. The molecule has 4 nitrogen and oxygen atoms in total. The van der Waals surface area contributed by atoms with E-state index in [-0.39, 0.29) is 13.2 Å². The van der Waals surface area contributed by atoms with Gasteiger partial charge in [-0.1, -0.05) is 80.4 Å². The number of benzene rings is 4. The second kappa shape index (κ2) is 13.6. The van der Waals surface area contributed by atoms with Gasteiger partial charge in [-0.15, -0.1) is 0 Å². The summed E-state index contributed by atoms with van der Waals surface area (Å²) in [6.45, 7) is 3.30. The van der Waals surface area contributed by atoms with Gasteiger partial charge in [0.05, 0.1) is 13.2 Å². The number of carbonyl (C=O) groups is 1. The molecule has 0 fully saturated rings. The number of carbonyl (C=O) groups excluding carboxylic acids is 1. The van der Waals surface area contributed by atoms with Crippen molar-refractivity contribution in [3.05, 3.63) is 90.0 Å². The van der Waals surface area contributed by atoms with Crippen LogP contribution in [0, 0.1) is 0 Å². The third-order valence-corrected chi connectivity index (χ3v) is 6.71. The summed E-state index contributed by atoms with van der Waals surface area (Å²) < 4.78 is 10.6. The predicted molar refractivity (Wildman–Crippen MR) is 151 cm³/mol. The third-order valence-electron chi connectivity index (χ3n) is 6.71. The summed E-state index contributed by atoms with van der Waals surface area (Å²) in [6, 6.07) is 28.3. The number of aliphatic hydroxyl groups excluding tert-OH is 1. The first kappa shape index (κ1) is 26.4. The first-order chi connectivity index (χ1) is 18.2. The SMILES string of the molecule is CCCCCc1ccc2cc(-c3ccc(-c4ccc(OCCO)c(CCCOC=O)c4)cc3)ccc2c1. The molecule has 0 saturated carbocycles. The van der Waals surface area contributed by atoms with Crippen molar-refractivity contribution < 1.29 is 19.4 Å². The molecule has 0 heterocycles. The summed E-state index contributed by atoms with van der Waals surface area (Å²) in [7, 11) is 0. The number of ether oxygens (including phenoxy) is 2. The molecule has 0 atom stereocenters. The molecular weight excluding hydrogens is 460 g/mol. The number of aliphatic hydroxyl groups is 1. The normalized spacial score (nSPS) is 11.0. The molecule has 0 amide bonds. The predicted octanol–water partition coefficient (Wildman–Crippen LogP) is 7.38. The molecule has 0 saturated heterocycles. The Morgan fingerprint density at radius 2 is 1.38 bits per heavy atom. The lowest BCUT2D eigenvalue weighted by atomic mass is 9.96. The molecule has 0 spiro atoms. The minimum Gasteiger partial charge on any atom is -0.491 e. The monoisotopic (exact) mass is 496 g/mol. The number of fused-ring (bicyclic) bond motifs is 1. The lowest BCUT2D eigenvalue weighted by Gasteiger charge is -2.13. The molecule has 4 rings (SSSR count). The van der Waals surface area contributed by atoms with E-state index in [0.29, 0.717) is 19.5 Å². The van der Waals surface area contributed by atoms with Crippen molar-refractivity contribution in [2.75, 3.05) is 19.8 Å². The van der Waals surface area contributed by atoms with E-state index in [9.17, 15) is 4.79 Å². The highest BCUT2D eigenvalue weighted by Gasteiger charge is 2.09. The Labute approximate surface area is 219 Å². The van der Waals surface area contributed by atoms with Crippen molar-refractivity contribution in [3.63, 3.8) is 0 Å². The van der Waals surface area contributed by atoms with E-state index in [4.69, 9.17) is 14.6 Å². The van der Waals surface area contributed by atoms with Gasteiger partial charge in [-0.05, 0) is 88.0 Å². The van der Waals surface area contributed by atoms with Gasteiger partial charge in [-0.3, -0.25) is 4.79 Å². The van der Waals surface area contributed by atoms with Gasteiger partial charge < -0.3 is 14.6 Å². The lowest BCUT2D eigenvalue weighted by Crippen LogP contribution is -2.05. The fourth-order valence-electron chi connectivity index (χ4n) is 4.71. The molecule has 0 radical (unpaired) electrons. The molecule has 0 aliphatic rings. The van der Waals surface area contributed by atoms with E-state index in [1.807, 2.05) is 12.1 Å². The maximum absolute atomic E-state index is 10.4. The average Bonchev–Trinajstić information content (AvgIpc) is 2.94. The molecule has 0 aromatic heterocycles. The maximum atomic E-state index is 10.4. The van der Waals surface area contributed by atoms with E-state index in [0.717, 1.165) is 35.3 Å². The van der Waals surface area contributed by atoms with Crippen LogP contribution in [0.5, 0.6) is 5.75 Å². The summed E-state index contributed by atoms with van der Waals surface area (Å²) in [6.07, 6.45) is 6.36. The molecule has 192 valence electrons. The van der Waals surface area contributed by atoms with Crippen molar-refractivity contribution >= 4 is 17.2 Å². The van der Waals surface area contributed by atoms with Gasteiger partial charge in [-0.25, -0.2) is 0 Å². The second-order valence-corrected chi connectivity index (χ2v) is 9.40. The third kappa shape index (κ3) is 7.21. The van der Waals surface area contributed by atoms with Crippen LogP contribution in [0.1, 0.15) is 43.7 Å². The van der Waals surface area contributed by atoms with Crippen LogP contribution in [0.15, 0.2) is 78.9 Å². The van der Waals surface area contributed by atoms with Crippen molar-refractivity contribution in [2.45, 2.75) is 45.4 Å². The number of hydrogen-bond acceptors (Lipinski definition) is 4. The molecule has 0 bridgehead atoms. The van der Waals surface area contributed by atoms with E-state index in [1.165, 1.54) is 46.7 Å². The number of aryl methyl sites for hydroxylation is 2. The average molecular weight is 497 g/mol. The molecule has 4 heteroatoms. The Balaban J connectivity index is 1.51. The Hall–Kier alpha value is -3.63. The summed E-state index contributed by atoms with van der Waals surface area (Å²) in [5.41, 5.74) is 7.08. The van der Waals surface area contributed by atoms with Crippen LogP contribution in [0.3, 0.4) is 0 Å². The topological polar surface area (TPSA) is 55.8 Å². The quantitative estimate of drug-likeness (QED) is 0.146. The van der Waals surface area contributed by atoms with Crippen LogP contribution >= 0.6 is 0 Å². The van der Waals surface area contributed by atoms with Crippen LogP contribution in [-0.4, -0.2) is 31.4 Å². The summed E-state index contributed by atoms with van der Waals surface area (Å²) >= 11 is 0. The van der Waals surface area contributed by atoms with Crippen LogP contribution in [0.4, 0.5) is 0 Å². The maximum Gasteiger partial charge on any atom is 0.293 e. The van der Waals surface area contributed by atoms with E-state index in [2.05, 4.69) is 73.7 Å². The first-order valence-electron chi connectivity index (χ1n) is 13.3. The van der Waals surface area contributed by atoms with Gasteiger partial charge >= 0.3 is 0 Å². The van der Waals surface area contributed by atoms with Gasteiger partial charge in [0.2, 0.25) is 0 Å². The van der Waals surface area contributed by atoms with Crippen molar-refractivity contribution in [3.8, 4) is 28.0 Å². The smallest absolute Gasteiger partial charge is 0.293 e. The number of hydrogen-bond donors (Lipinski definition) is 1. The first-order valence-corrected chi connectivity index (χ1v) is 13.3. The van der Waals surface area contributed by atoms with Crippen molar-refractivity contribution in [1.82, 2.24) is 0 Å². The summed E-state index contributed by atoms with van der Waals surface area (Å²) in [5.74, 6) is 0.755.